The lowest BCUT2D eigenvalue weighted by Crippen LogP contribution is -2.19. The summed E-state index contributed by atoms with van der Waals surface area (Å²) in [6.07, 6.45) is 3.47. The van der Waals surface area contributed by atoms with E-state index in [1.54, 1.807) is 31.3 Å². The van der Waals surface area contributed by atoms with E-state index < -0.39 is 5.41 Å². The average Bonchev–Trinajstić information content (AvgIpc) is 3.57. The van der Waals surface area contributed by atoms with E-state index in [4.69, 9.17) is 20.8 Å². The summed E-state index contributed by atoms with van der Waals surface area (Å²) >= 11 is 6.64. The molecule has 1 saturated carbocycles. The van der Waals surface area contributed by atoms with Gasteiger partial charge in [0.2, 0.25) is 5.71 Å². The minimum absolute atomic E-state index is 0.136. The maximum Gasteiger partial charge on any atom is 0.255 e. The number of fused-ring (bicyclic) bond motifs is 1. The normalized spacial score (nSPS) is 14.2. The third-order valence-electron chi connectivity index (χ3n) is 7.51. The van der Waals surface area contributed by atoms with Crippen molar-refractivity contribution in [3.05, 3.63) is 70.4 Å². The Morgan fingerprint density at radius 3 is 2.46 bits per heavy atom. The number of nitrogens with zero attached hydrogens (tertiary/aromatic N) is 2. The molecule has 2 aromatic heterocycles. The number of carbonyl (C=O) groups is 2. The molecule has 5 rings (SSSR count). The first-order valence-corrected chi connectivity index (χ1v) is 13.2. The lowest BCUT2D eigenvalue weighted by Gasteiger charge is -2.20. The van der Waals surface area contributed by atoms with Crippen LogP contribution >= 0.6 is 11.6 Å². The Morgan fingerprint density at radius 1 is 1.13 bits per heavy atom. The molecule has 0 aliphatic heterocycles. The number of pyridine rings is 1. The molecule has 0 saturated heterocycles. The van der Waals surface area contributed by atoms with Gasteiger partial charge in [-0.25, -0.2) is 4.98 Å². The van der Waals surface area contributed by atoms with Crippen molar-refractivity contribution in [2.75, 3.05) is 14.2 Å². The van der Waals surface area contributed by atoms with E-state index in [1.807, 2.05) is 31.2 Å². The number of aromatic nitrogens is 1. The molecule has 0 bridgehead atoms. The molecule has 1 aliphatic rings. The molecular weight excluding hydrogens is 514 g/mol. The van der Waals surface area contributed by atoms with Crippen molar-refractivity contribution >= 4 is 34.4 Å². The quantitative estimate of drug-likeness (QED) is 0.197. The Kier molecular flexibility index (Phi) is 7.16. The molecule has 1 fully saturated rings. The van der Waals surface area contributed by atoms with Crippen LogP contribution in [-0.4, -0.2) is 30.8 Å². The first-order chi connectivity index (χ1) is 18.8. The van der Waals surface area contributed by atoms with Gasteiger partial charge in [-0.05, 0) is 43.5 Å². The zero-order valence-electron chi connectivity index (χ0n) is 22.1. The second kappa shape index (κ2) is 10.5. The van der Waals surface area contributed by atoms with Crippen LogP contribution in [0.25, 0.3) is 33.6 Å². The summed E-state index contributed by atoms with van der Waals surface area (Å²) in [5.41, 5.74) is 3.33. The number of nitriles is 1. The van der Waals surface area contributed by atoms with E-state index in [2.05, 4.69) is 16.4 Å². The molecule has 0 atom stereocenters. The van der Waals surface area contributed by atoms with Crippen molar-refractivity contribution in [2.24, 2.45) is 5.41 Å². The highest BCUT2D eigenvalue weighted by Crippen LogP contribution is 2.43. The van der Waals surface area contributed by atoms with Crippen LogP contribution in [-0.2, 0) is 0 Å². The van der Waals surface area contributed by atoms with Gasteiger partial charge in [-0.1, -0.05) is 60.3 Å². The number of nitrogens with one attached hydrogen (secondary N) is 1. The molecule has 1 aliphatic carbocycles. The molecule has 1 amide bonds. The molecular formula is C31H28ClN3O4. The molecule has 0 spiro atoms. The second-order valence-electron chi connectivity index (χ2n) is 10.0. The summed E-state index contributed by atoms with van der Waals surface area (Å²) in [7, 11) is 3.07. The molecule has 0 unspecified atom stereocenters. The van der Waals surface area contributed by atoms with E-state index in [0.29, 0.717) is 39.1 Å². The number of Topliss-reactive ketones (excluding diaryl/α,β-unsaturated/α-hetero) is 1. The molecule has 8 heteroatoms. The van der Waals surface area contributed by atoms with Gasteiger partial charge in [0.05, 0.1) is 35.1 Å². The number of amides is 1. The number of methoxy groups -OCH3 is 1. The van der Waals surface area contributed by atoms with Gasteiger partial charge in [-0.3, -0.25) is 9.59 Å². The standard InChI is InChI=1S/C31H28ClN3O4/c1-18-6-8-19(9-7-18)27-26(29(37)34-2)23-15-21(28(32)35-30(23)39-27)20-10-11-25(38-3)22(14-20)24(36)16-31(17-33)12-4-5-13-31/h6-11,14-15H,4-5,12-13,16H2,1-3H3,(H,34,37). The lowest BCUT2D eigenvalue weighted by atomic mass is 9.81. The predicted octanol–water partition coefficient (Wildman–Crippen LogP) is 7.15. The number of hydrogen-bond acceptors (Lipinski definition) is 6. The van der Waals surface area contributed by atoms with E-state index >= 15 is 0 Å². The zero-order valence-corrected chi connectivity index (χ0v) is 22.8. The third-order valence-corrected chi connectivity index (χ3v) is 7.80. The van der Waals surface area contributed by atoms with Crippen molar-refractivity contribution in [3.63, 3.8) is 0 Å². The van der Waals surface area contributed by atoms with Crippen molar-refractivity contribution in [3.8, 4) is 34.3 Å². The monoisotopic (exact) mass is 541 g/mol. The van der Waals surface area contributed by atoms with E-state index in [1.165, 1.54) is 7.11 Å². The maximum atomic E-state index is 13.4. The molecule has 198 valence electrons. The highest BCUT2D eigenvalue weighted by atomic mass is 35.5. The second-order valence-corrected chi connectivity index (χ2v) is 10.4. The van der Waals surface area contributed by atoms with Crippen LogP contribution in [0.2, 0.25) is 5.15 Å². The van der Waals surface area contributed by atoms with Crippen LogP contribution in [0.15, 0.2) is 52.9 Å². The Morgan fingerprint density at radius 2 is 1.82 bits per heavy atom. The number of furan rings is 1. The number of hydrogen-bond donors (Lipinski definition) is 1. The van der Waals surface area contributed by atoms with Gasteiger partial charge in [0, 0.05) is 24.6 Å². The van der Waals surface area contributed by atoms with E-state index in [0.717, 1.165) is 36.8 Å². The Balaban J connectivity index is 1.62. The zero-order chi connectivity index (χ0) is 27.7. The fourth-order valence-electron chi connectivity index (χ4n) is 5.34. The SMILES string of the molecule is CNC(=O)c1c(-c2ccc(C)cc2)oc2nc(Cl)c(-c3ccc(OC)c(C(=O)CC4(C#N)CCCC4)c3)cc12. The van der Waals surface area contributed by atoms with Gasteiger partial charge in [0.25, 0.3) is 5.91 Å². The molecule has 2 heterocycles. The summed E-state index contributed by atoms with van der Waals surface area (Å²) < 4.78 is 11.5. The number of aryl methyl sites for hydroxylation is 1. The molecule has 2 aromatic carbocycles. The first kappa shape index (κ1) is 26.5. The summed E-state index contributed by atoms with van der Waals surface area (Å²) in [6, 6.07) is 17.0. The number of ether oxygens (including phenoxy) is 1. The highest BCUT2D eigenvalue weighted by molar-refractivity contribution is 6.33. The molecule has 7 nitrogen and oxygen atoms in total. The molecule has 4 aromatic rings. The van der Waals surface area contributed by atoms with Crippen LogP contribution in [0, 0.1) is 23.7 Å². The Bertz CT molecular complexity index is 1630. The van der Waals surface area contributed by atoms with Crippen LogP contribution in [0.1, 0.15) is 58.4 Å². The summed E-state index contributed by atoms with van der Waals surface area (Å²) in [5.74, 6) is 0.353. The molecule has 0 radical (unpaired) electrons. The smallest absolute Gasteiger partial charge is 0.255 e. The van der Waals surface area contributed by atoms with Crippen molar-refractivity contribution in [2.45, 2.75) is 39.0 Å². The van der Waals surface area contributed by atoms with Crippen LogP contribution in [0.5, 0.6) is 5.75 Å². The molecule has 1 N–H and O–H groups in total. The van der Waals surface area contributed by atoms with Crippen LogP contribution in [0.4, 0.5) is 0 Å². The van der Waals surface area contributed by atoms with Gasteiger partial charge in [0.15, 0.2) is 5.78 Å². The first-order valence-electron chi connectivity index (χ1n) is 12.8. The van der Waals surface area contributed by atoms with Gasteiger partial charge in [-0.15, -0.1) is 0 Å². The average molecular weight is 542 g/mol. The fourth-order valence-corrected chi connectivity index (χ4v) is 5.58. The van der Waals surface area contributed by atoms with Gasteiger partial charge in [0.1, 0.15) is 16.7 Å². The molecule has 39 heavy (non-hydrogen) atoms. The summed E-state index contributed by atoms with van der Waals surface area (Å²) in [5, 5.41) is 13.2. The maximum absolute atomic E-state index is 13.4. The van der Waals surface area contributed by atoms with Gasteiger partial charge >= 0.3 is 0 Å². The number of halogens is 1. The van der Waals surface area contributed by atoms with E-state index in [9.17, 15) is 14.9 Å². The Labute approximate surface area is 231 Å². The number of benzene rings is 2. The van der Waals surface area contributed by atoms with Crippen LogP contribution in [0.3, 0.4) is 0 Å². The van der Waals surface area contributed by atoms with Crippen molar-refractivity contribution in [1.82, 2.24) is 10.3 Å². The predicted molar refractivity (Wildman–Crippen MR) is 150 cm³/mol. The lowest BCUT2D eigenvalue weighted by molar-refractivity contribution is 0.0936. The minimum atomic E-state index is -0.637. The number of rotatable bonds is 7. The van der Waals surface area contributed by atoms with Gasteiger partial charge < -0.3 is 14.5 Å². The number of carbonyl (C=O) groups excluding carboxylic acids is 2. The largest absolute Gasteiger partial charge is 0.496 e. The van der Waals surface area contributed by atoms with Crippen LogP contribution < -0.4 is 10.1 Å². The summed E-state index contributed by atoms with van der Waals surface area (Å²) in [4.78, 5) is 30.9. The van der Waals surface area contributed by atoms with E-state index in [-0.39, 0.29) is 29.0 Å². The van der Waals surface area contributed by atoms with Crippen molar-refractivity contribution in [1.29, 1.82) is 5.26 Å². The third kappa shape index (κ3) is 4.88. The Hall–Kier alpha value is -4.15. The fraction of sp³-hybridized carbons (Fsp3) is 0.290. The highest BCUT2D eigenvalue weighted by Gasteiger charge is 2.37. The summed E-state index contributed by atoms with van der Waals surface area (Å²) in [6.45, 7) is 1.98. The number of ketones is 1. The van der Waals surface area contributed by atoms with Gasteiger partial charge in [-0.2, -0.15) is 5.26 Å². The minimum Gasteiger partial charge on any atom is -0.496 e. The topological polar surface area (TPSA) is 105 Å². The van der Waals surface area contributed by atoms with Crippen molar-refractivity contribution < 1.29 is 18.7 Å².